The summed E-state index contributed by atoms with van der Waals surface area (Å²) in [4.78, 5) is 0. The lowest BCUT2D eigenvalue weighted by molar-refractivity contribution is 0.115. The number of benzene rings is 1. The quantitative estimate of drug-likeness (QED) is 0.715. The number of halogens is 1. The van der Waals surface area contributed by atoms with E-state index in [2.05, 4.69) is 5.32 Å². The van der Waals surface area contributed by atoms with Crippen LogP contribution >= 0.6 is 0 Å². The number of piperidine rings is 1. The highest BCUT2D eigenvalue weighted by Crippen LogP contribution is 2.34. The Labute approximate surface area is 89.0 Å². The van der Waals surface area contributed by atoms with Crippen molar-refractivity contribution < 1.29 is 4.39 Å². The van der Waals surface area contributed by atoms with Crippen LogP contribution in [0.15, 0.2) is 24.3 Å². The summed E-state index contributed by atoms with van der Waals surface area (Å²) in [7, 11) is 0. The molecule has 0 aromatic heterocycles. The van der Waals surface area contributed by atoms with E-state index in [0.717, 1.165) is 24.2 Å². The Morgan fingerprint density at radius 2 is 1.80 bits per heavy atom. The summed E-state index contributed by atoms with van der Waals surface area (Å²) in [6.07, 6.45) is 2.35. The van der Waals surface area contributed by atoms with Crippen molar-refractivity contribution >= 4 is 6.21 Å². The fourth-order valence-electron chi connectivity index (χ4n) is 1.99. The second kappa shape index (κ2) is 4.11. The van der Waals surface area contributed by atoms with Crippen molar-refractivity contribution in [2.24, 2.45) is 0 Å². The van der Waals surface area contributed by atoms with E-state index in [1.807, 2.05) is 0 Å². The summed E-state index contributed by atoms with van der Waals surface area (Å²) < 4.78 is 14.4. The summed E-state index contributed by atoms with van der Waals surface area (Å²) in [5.41, 5.74) is 0.386. The molecule has 1 fully saturated rings. The van der Waals surface area contributed by atoms with Crippen molar-refractivity contribution in [1.29, 1.82) is 5.41 Å². The van der Waals surface area contributed by atoms with Gasteiger partial charge in [0.2, 0.25) is 0 Å². The molecule has 1 aromatic carbocycles. The fraction of sp³-hybridized carbons (Fsp3) is 0.417. The molecule has 1 aromatic rings. The summed E-state index contributed by atoms with van der Waals surface area (Å²) in [6.45, 7) is 1.48. The number of rotatable bonds is 2. The van der Waals surface area contributed by atoms with Crippen LogP contribution in [0.25, 0.3) is 0 Å². The van der Waals surface area contributed by atoms with Crippen LogP contribution in [-0.2, 0) is 5.67 Å². The second-order valence-corrected chi connectivity index (χ2v) is 3.98. The van der Waals surface area contributed by atoms with Crippen LogP contribution in [0.5, 0.6) is 0 Å². The maximum absolute atomic E-state index is 14.4. The lowest BCUT2D eigenvalue weighted by atomic mass is 9.86. The van der Waals surface area contributed by atoms with Crippen LogP contribution in [0.1, 0.15) is 24.0 Å². The Morgan fingerprint density at radius 1 is 1.20 bits per heavy atom. The lowest BCUT2D eigenvalue weighted by Gasteiger charge is -2.30. The maximum Gasteiger partial charge on any atom is 0.138 e. The van der Waals surface area contributed by atoms with E-state index in [1.54, 1.807) is 24.3 Å². The third-order valence-electron chi connectivity index (χ3n) is 2.99. The van der Waals surface area contributed by atoms with Gasteiger partial charge in [0, 0.05) is 6.21 Å². The molecule has 1 saturated heterocycles. The van der Waals surface area contributed by atoms with E-state index >= 15 is 0 Å². The Balaban J connectivity index is 2.23. The fourth-order valence-corrected chi connectivity index (χ4v) is 1.99. The van der Waals surface area contributed by atoms with E-state index in [1.165, 1.54) is 6.21 Å². The number of nitrogens with one attached hydrogen (secondary N) is 2. The molecule has 3 heteroatoms. The average molecular weight is 206 g/mol. The van der Waals surface area contributed by atoms with Gasteiger partial charge in [0.05, 0.1) is 0 Å². The predicted molar refractivity (Wildman–Crippen MR) is 59.2 cm³/mol. The highest BCUT2D eigenvalue weighted by Gasteiger charge is 2.33. The first kappa shape index (κ1) is 10.3. The Hall–Kier alpha value is -1.22. The van der Waals surface area contributed by atoms with Gasteiger partial charge in [0.25, 0.3) is 0 Å². The van der Waals surface area contributed by atoms with Gasteiger partial charge in [-0.2, -0.15) is 0 Å². The first-order valence-corrected chi connectivity index (χ1v) is 5.25. The Bertz CT molecular complexity index is 339. The van der Waals surface area contributed by atoms with E-state index < -0.39 is 5.67 Å². The summed E-state index contributed by atoms with van der Waals surface area (Å²) in [5, 5.41) is 10.2. The van der Waals surface area contributed by atoms with E-state index in [4.69, 9.17) is 5.41 Å². The Morgan fingerprint density at radius 3 is 2.33 bits per heavy atom. The van der Waals surface area contributed by atoms with Crippen molar-refractivity contribution in [2.45, 2.75) is 18.5 Å². The van der Waals surface area contributed by atoms with Gasteiger partial charge in [-0.1, -0.05) is 24.3 Å². The first-order chi connectivity index (χ1) is 7.24. The molecule has 1 heterocycles. The molecule has 0 unspecified atom stereocenters. The first-order valence-electron chi connectivity index (χ1n) is 5.25. The summed E-state index contributed by atoms with van der Waals surface area (Å²) >= 11 is 0. The molecule has 2 N–H and O–H groups in total. The molecule has 2 nitrogen and oxygen atoms in total. The molecule has 2 rings (SSSR count). The second-order valence-electron chi connectivity index (χ2n) is 3.98. The molecule has 15 heavy (non-hydrogen) atoms. The smallest absolute Gasteiger partial charge is 0.138 e. The van der Waals surface area contributed by atoms with Crippen molar-refractivity contribution in [2.75, 3.05) is 13.1 Å². The average Bonchev–Trinajstić information content (AvgIpc) is 2.30. The number of alkyl halides is 1. The molecule has 1 aliphatic rings. The predicted octanol–water partition coefficient (Wildman–Crippen LogP) is 2.23. The molecular formula is C12H15FN2. The van der Waals surface area contributed by atoms with Gasteiger partial charge in [-0.05, 0) is 37.1 Å². The molecule has 0 spiro atoms. The Kier molecular flexibility index (Phi) is 2.82. The minimum Gasteiger partial charge on any atom is -0.316 e. The van der Waals surface area contributed by atoms with Gasteiger partial charge >= 0.3 is 0 Å². The third kappa shape index (κ3) is 2.07. The van der Waals surface area contributed by atoms with Crippen LogP contribution in [-0.4, -0.2) is 19.3 Å². The monoisotopic (exact) mass is 206 g/mol. The zero-order valence-electron chi connectivity index (χ0n) is 8.59. The summed E-state index contributed by atoms with van der Waals surface area (Å²) in [5.74, 6) is 0. The van der Waals surface area contributed by atoms with Gasteiger partial charge in [-0.25, -0.2) is 4.39 Å². The highest BCUT2D eigenvalue weighted by molar-refractivity contribution is 5.76. The standard InChI is InChI=1S/C12H15FN2/c13-12(5-7-15-8-6-12)11-3-1-10(9-14)2-4-11/h1-4,9,14-15H,5-8H2. The molecular weight excluding hydrogens is 191 g/mol. The SMILES string of the molecule is N=Cc1ccc(C2(F)CCNCC2)cc1. The van der Waals surface area contributed by atoms with Gasteiger partial charge in [-0.15, -0.1) is 0 Å². The maximum atomic E-state index is 14.4. The van der Waals surface area contributed by atoms with Crippen LogP contribution < -0.4 is 5.32 Å². The molecule has 0 bridgehead atoms. The molecule has 0 aliphatic carbocycles. The van der Waals surface area contributed by atoms with Gasteiger partial charge in [0.1, 0.15) is 5.67 Å². The third-order valence-corrected chi connectivity index (χ3v) is 2.99. The van der Waals surface area contributed by atoms with Crippen molar-refractivity contribution in [1.82, 2.24) is 5.32 Å². The largest absolute Gasteiger partial charge is 0.316 e. The lowest BCUT2D eigenvalue weighted by Crippen LogP contribution is -2.36. The number of hydrogen-bond acceptors (Lipinski definition) is 2. The highest BCUT2D eigenvalue weighted by atomic mass is 19.1. The molecule has 0 amide bonds. The molecule has 0 saturated carbocycles. The van der Waals surface area contributed by atoms with Crippen molar-refractivity contribution in [3.8, 4) is 0 Å². The van der Waals surface area contributed by atoms with Crippen molar-refractivity contribution in [3.63, 3.8) is 0 Å². The zero-order chi connectivity index (χ0) is 10.7. The minimum absolute atomic E-state index is 0.539. The topological polar surface area (TPSA) is 35.9 Å². The molecule has 0 atom stereocenters. The van der Waals surface area contributed by atoms with Crippen molar-refractivity contribution in [3.05, 3.63) is 35.4 Å². The van der Waals surface area contributed by atoms with E-state index in [9.17, 15) is 4.39 Å². The van der Waals surface area contributed by atoms with Crippen LogP contribution in [0.3, 0.4) is 0 Å². The normalized spacial score (nSPS) is 19.8. The number of hydrogen-bond donors (Lipinski definition) is 2. The van der Waals surface area contributed by atoms with Crippen LogP contribution in [0.2, 0.25) is 0 Å². The molecule has 1 aliphatic heterocycles. The van der Waals surface area contributed by atoms with Crippen LogP contribution in [0, 0.1) is 5.41 Å². The minimum atomic E-state index is -1.17. The van der Waals surface area contributed by atoms with Gasteiger partial charge in [0.15, 0.2) is 0 Å². The summed E-state index contributed by atoms with van der Waals surface area (Å²) in [6, 6.07) is 7.19. The van der Waals surface area contributed by atoms with E-state index in [-0.39, 0.29) is 0 Å². The molecule has 0 radical (unpaired) electrons. The van der Waals surface area contributed by atoms with E-state index in [0.29, 0.717) is 12.8 Å². The molecule has 80 valence electrons. The van der Waals surface area contributed by atoms with Crippen LogP contribution in [0.4, 0.5) is 4.39 Å². The van der Waals surface area contributed by atoms with Gasteiger partial charge in [-0.3, -0.25) is 0 Å². The van der Waals surface area contributed by atoms with Gasteiger partial charge < -0.3 is 10.7 Å². The zero-order valence-corrected chi connectivity index (χ0v) is 8.59.